The van der Waals surface area contributed by atoms with Crippen molar-refractivity contribution in [2.75, 3.05) is 24.7 Å². The average molecular weight is 295 g/mol. The van der Waals surface area contributed by atoms with Gasteiger partial charge in [-0.05, 0) is 18.2 Å². The minimum Gasteiger partial charge on any atom is -0.424 e. The maximum atomic E-state index is 5.59. The molecule has 8 nitrogen and oxygen atoms in total. The summed E-state index contributed by atoms with van der Waals surface area (Å²) in [7, 11) is 3.86. The van der Waals surface area contributed by atoms with Gasteiger partial charge in [0, 0.05) is 19.7 Å². The highest BCUT2D eigenvalue weighted by molar-refractivity contribution is 5.99. The van der Waals surface area contributed by atoms with Crippen molar-refractivity contribution < 1.29 is 4.42 Å². The Morgan fingerprint density at radius 3 is 2.91 bits per heavy atom. The third kappa shape index (κ3) is 1.77. The van der Waals surface area contributed by atoms with Gasteiger partial charge in [0.25, 0.3) is 6.01 Å². The molecule has 22 heavy (non-hydrogen) atoms. The molecule has 0 bridgehead atoms. The topological polar surface area (TPSA) is 110 Å². The number of hydrogen-bond donors (Lipinski definition) is 2. The van der Waals surface area contributed by atoms with Crippen molar-refractivity contribution in [3.05, 3.63) is 24.5 Å². The van der Waals surface area contributed by atoms with E-state index in [2.05, 4.69) is 25.1 Å². The fourth-order valence-corrected chi connectivity index (χ4v) is 2.49. The first-order valence-electron chi connectivity index (χ1n) is 6.66. The Bertz CT molecular complexity index is 985. The Hall–Kier alpha value is -3.16. The van der Waals surface area contributed by atoms with E-state index < -0.39 is 0 Å². The zero-order valence-corrected chi connectivity index (χ0v) is 12.0. The Morgan fingerprint density at radius 2 is 2.09 bits per heavy atom. The summed E-state index contributed by atoms with van der Waals surface area (Å²) in [5, 5.41) is 8.14. The number of nitrogens with one attached hydrogen (secondary N) is 1. The fraction of sp³-hybridized carbons (Fsp3) is 0.143. The quantitative estimate of drug-likeness (QED) is 0.580. The van der Waals surface area contributed by atoms with Gasteiger partial charge in [-0.1, -0.05) is 0 Å². The number of rotatable bonds is 2. The van der Waals surface area contributed by atoms with Crippen molar-refractivity contribution in [2.45, 2.75) is 0 Å². The van der Waals surface area contributed by atoms with Crippen molar-refractivity contribution in [3.8, 4) is 11.3 Å². The summed E-state index contributed by atoms with van der Waals surface area (Å²) in [4.78, 5) is 14.6. The number of hydrogen-bond acceptors (Lipinski definition) is 7. The first kappa shape index (κ1) is 12.6. The molecule has 8 heteroatoms. The molecule has 0 fully saturated rings. The summed E-state index contributed by atoms with van der Waals surface area (Å²) < 4.78 is 5.30. The van der Waals surface area contributed by atoms with Gasteiger partial charge in [-0.3, -0.25) is 5.10 Å². The lowest BCUT2D eigenvalue weighted by Gasteiger charge is -2.12. The van der Waals surface area contributed by atoms with E-state index in [9.17, 15) is 0 Å². The van der Waals surface area contributed by atoms with Gasteiger partial charge in [-0.2, -0.15) is 10.1 Å². The van der Waals surface area contributed by atoms with E-state index in [0.717, 1.165) is 22.5 Å². The van der Waals surface area contributed by atoms with Crippen molar-refractivity contribution in [1.82, 2.24) is 25.1 Å². The first-order valence-corrected chi connectivity index (χ1v) is 6.66. The van der Waals surface area contributed by atoms with Crippen LogP contribution in [0.4, 0.5) is 11.8 Å². The van der Waals surface area contributed by atoms with E-state index >= 15 is 0 Å². The van der Waals surface area contributed by atoms with Crippen molar-refractivity contribution in [1.29, 1.82) is 0 Å². The lowest BCUT2D eigenvalue weighted by Crippen LogP contribution is -2.11. The minimum absolute atomic E-state index is 0.152. The number of H-pyrrole nitrogens is 1. The molecule has 0 aliphatic rings. The molecule has 4 aromatic rings. The lowest BCUT2D eigenvalue weighted by molar-refractivity contribution is 0.626. The molecule has 1 aromatic carbocycles. The van der Waals surface area contributed by atoms with Gasteiger partial charge in [0.05, 0.1) is 11.1 Å². The minimum atomic E-state index is 0.152. The van der Waals surface area contributed by atoms with Gasteiger partial charge >= 0.3 is 0 Å². The zero-order chi connectivity index (χ0) is 15.3. The van der Waals surface area contributed by atoms with E-state index in [1.165, 1.54) is 6.33 Å². The molecule has 0 amide bonds. The summed E-state index contributed by atoms with van der Waals surface area (Å²) in [5.74, 6) is 0.800. The third-order valence-electron chi connectivity index (χ3n) is 3.45. The summed E-state index contributed by atoms with van der Waals surface area (Å²) in [6, 6.07) is 5.81. The second-order valence-electron chi connectivity index (χ2n) is 5.12. The number of anilines is 2. The summed E-state index contributed by atoms with van der Waals surface area (Å²) >= 11 is 0. The van der Waals surface area contributed by atoms with Gasteiger partial charge in [0.1, 0.15) is 17.7 Å². The van der Waals surface area contributed by atoms with Crippen LogP contribution in [0.5, 0.6) is 0 Å². The Balaban J connectivity index is 1.99. The van der Waals surface area contributed by atoms with Crippen LogP contribution in [0.15, 0.2) is 28.9 Å². The second-order valence-corrected chi connectivity index (χ2v) is 5.12. The largest absolute Gasteiger partial charge is 0.424 e. The molecule has 3 N–H and O–H groups in total. The zero-order valence-electron chi connectivity index (χ0n) is 12.0. The van der Waals surface area contributed by atoms with Crippen molar-refractivity contribution in [3.63, 3.8) is 0 Å². The van der Waals surface area contributed by atoms with Gasteiger partial charge in [0.2, 0.25) is 0 Å². The molecule has 3 heterocycles. The molecule has 3 aromatic heterocycles. The molecule has 0 aliphatic heterocycles. The number of aromatic amines is 1. The van der Waals surface area contributed by atoms with Gasteiger partial charge < -0.3 is 15.1 Å². The normalized spacial score (nSPS) is 11.4. The van der Waals surface area contributed by atoms with Crippen LogP contribution in [-0.4, -0.2) is 39.2 Å². The van der Waals surface area contributed by atoms with E-state index in [0.29, 0.717) is 16.7 Å². The highest BCUT2D eigenvalue weighted by Gasteiger charge is 2.16. The van der Waals surface area contributed by atoms with Gasteiger partial charge in [-0.25, -0.2) is 9.97 Å². The average Bonchev–Trinajstić information content (AvgIpc) is 3.07. The monoisotopic (exact) mass is 295 g/mol. The van der Waals surface area contributed by atoms with Crippen LogP contribution in [0.1, 0.15) is 0 Å². The number of nitrogens with zero attached hydrogens (tertiary/aromatic N) is 5. The van der Waals surface area contributed by atoms with Crippen LogP contribution in [0.2, 0.25) is 0 Å². The van der Waals surface area contributed by atoms with Crippen LogP contribution in [0.25, 0.3) is 33.4 Å². The number of benzene rings is 1. The van der Waals surface area contributed by atoms with Gasteiger partial charge in [-0.15, -0.1) is 0 Å². The molecule has 0 unspecified atom stereocenters. The Kier molecular flexibility index (Phi) is 2.52. The smallest absolute Gasteiger partial charge is 0.292 e. The molecular formula is C14H13N7O. The molecule has 0 aliphatic carbocycles. The van der Waals surface area contributed by atoms with Crippen molar-refractivity contribution >= 4 is 34.0 Å². The van der Waals surface area contributed by atoms with Crippen LogP contribution < -0.4 is 10.6 Å². The molecule has 110 valence electrons. The first-order chi connectivity index (χ1) is 10.6. The second kappa shape index (κ2) is 4.42. The predicted molar refractivity (Wildman–Crippen MR) is 83.4 cm³/mol. The molecule has 0 spiro atoms. The van der Waals surface area contributed by atoms with Crippen molar-refractivity contribution in [2.24, 2.45) is 0 Å². The molecule has 4 rings (SSSR count). The SMILES string of the molecule is CN(C)c1ncnc2n[nH]c(-c3ccc4oc(N)nc4c3)c12. The number of nitrogens with two attached hydrogens (primary N) is 1. The number of fused-ring (bicyclic) bond motifs is 2. The van der Waals surface area contributed by atoms with E-state index in [1.807, 2.05) is 37.2 Å². The molecule has 0 atom stereocenters. The highest BCUT2D eigenvalue weighted by atomic mass is 16.4. The van der Waals surface area contributed by atoms with E-state index in [1.54, 1.807) is 0 Å². The highest BCUT2D eigenvalue weighted by Crippen LogP contribution is 2.32. The lowest BCUT2D eigenvalue weighted by atomic mass is 10.1. The van der Waals surface area contributed by atoms with Crippen LogP contribution in [0.3, 0.4) is 0 Å². The molecular weight excluding hydrogens is 282 g/mol. The van der Waals surface area contributed by atoms with Gasteiger partial charge in [0.15, 0.2) is 11.2 Å². The predicted octanol–water partition coefficient (Wildman–Crippen LogP) is 1.81. The Morgan fingerprint density at radius 1 is 1.23 bits per heavy atom. The van der Waals surface area contributed by atoms with E-state index in [4.69, 9.17) is 10.2 Å². The number of nitrogen functional groups attached to an aromatic ring is 1. The third-order valence-corrected chi connectivity index (χ3v) is 3.45. The Labute approximate surface area is 125 Å². The van der Waals surface area contributed by atoms with Crippen LogP contribution in [-0.2, 0) is 0 Å². The standard InChI is InChI=1S/C14H13N7O/c1-21(2)13-10-11(19-20-12(10)16-6-17-13)7-3-4-9-8(5-7)18-14(15)22-9/h3-6H,1-2H3,(H2,15,18)(H,16,17,19,20). The maximum Gasteiger partial charge on any atom is 0.292 e. The number of aromatic nitrogens is 5. The maximum absolute atomic E-state index is 5.59. The molecule has 0 saturated carbocycles. The van der Waals surface area contributed by atoms with E-state index in [-0.39, 0.29) is 6.01 Å². The fourth-order valence-electron chi connectivity index (χ4n) is 2.49. The summed E-state index contributed by atoms with van der Waals surface area (Å²) in [6.07, 6.45) is 1.50. The summed E-state index contributed by atoms with van der Waals surface area (Å²) in [6.45, 7) is 0. The summed E-state index contributed by atoms with van der Waals surface area (Å²) in [5.41, 5.74) is 9.30. The number of oxazole rings is 1. The molecule has 0 radical (unpaired) electrons. The van der Waals surface area contributed by atoms with Crippen LogP contribution >= 0.6 is 0 Å². The van der Waals surface area contributed by atoms with Crippen LogP contribution in [0, 0.1) is 0 Å². The molecule has 0 saturated heterocycles.